The van der Waals surface area contributed by atoms with Gasteiger partial charge in [0.2, 0.25) is 11.8 Å². The molecule has 2 N–H and O–H groups in total. The number of hydrogen-bond acceptors (Lipinski definition) is 6. The molecule has 0 radical (unpaired) electrons. The Morgan fingerprint density at radius 2 is 1.45 bits per heavy atom. The SMILES string of the molecule is COC(=O)CNC(=O)C(c1c(C)cccc1C)N(C(=O)C(Cc1ccccc1)NC(=O)OC(C)(C)C)C(C)(C)C. The smallest absolute Gasteiger partial charge is 0.408 e. The van der Waals surface area contributed by atoms with Crippen LogP contribution in [0.25, 0.3) is 0 Å². The Labute approximate surface area is 237 Å². The third kappa shape index (κ3) is 9.10. The second-order valence-corrected chi connectivity index (χ2v) is 11.8. The van der Waals surface area contributed by atoms with Crippen molar-refractivity contribution < 1.29 is 28.7 Å². The third-order valence-corrected chi connectivity index (χ3v) is 6.19. The standard InChI is InChI=1S/C31H43N3O6/c1-20-14-13-15-21(2)25(20)26(27(36)32-19-24(35)39-9)34(30(3,4)5)28(37)23(18-22-16-11-10-12-17-22)33-29(38)40-31(6,7)8/h10-17,23,26H,18-19H2,1-9H3,(H,32,36)(H,33,38). The van der Waals surface area contributed by atoms with E-state index < -0.39 is 47.1 Å². The van der Waals surface area contributed by atoms with E-state index in [9.17, 15) is 19.2 Å². The molecule has 2 aromatic carbocycles. The molecule has 0 aromatic heterocycles. The highest BCUT2D eigenvalue weighted by Crippen LogP contribution is 2.34. The normalized spacial score (nSPS) is 13.0. The van der Waals surface area contributed by atoms with Crippen LogP contribution in [0, 0.1) is 13.8 Å². The van der Waals surface area contributed by atoms with Crippen molar-refractivity contribution in [3.8, 4) is 0 Å². The second kappa shape index (κ2) is 13.5. The van der Waals surface area contributed by atoms with Crippen molar-refractivity contribution in [1.82, 2.24) is 15.5 Å². The molecule has 3 amide bonds. The van der Waals surface area contributed by atoms with Gasteiger partial charge in [-0.3, -0.25) is 14.4 Å². The van der Waals surface area contributed by atoms with Gasteiger partial charge in [0.15, 0.2) is 0 Å². The minimum absolute atomic E-state index is 0.175. The lowest BCUT2D eigenvalue weighted by molar-refractivity contribution is -0.149. The molecule has 0 aliphatic heterocycles. The number of ether oxygens (including phenoxy) is 2. The zero-order valence-corrected chi connectivity index (χ0v) is 25.1. The number of alkyl carbamates (subject to hydrolysis) is 1. The van der Waals surface area contributed by atoms with Gasteiger partial charge in [0.1, 0.15) is 24.2 Å². The lowest BCUT2D eigenvalue weighted by atomic mass is 9.89. The summed E-state index contributed by atoms with van der Waals surface area (Å²) in [6.07, 6.45) is -0.566. The van der Waals surface area contributed by atoms with Crippen LogP contribution < -0.4 is 10.6 Å². The van der Waals surface area contributed by atoms with Gasteiger partial charge in [-0.1, -0.05) is 48.5 Å². The third-order valence-electron chi connectivity index (χ3n) is 6.19. The maximum Gasteiger partial charge on any atom is 0.408 e. The fraction of sp³-hybridized carbons (Fsp3) is 0.484. The van der Waals surface area contributed by atoms with E-state index in [0.717, 1.165) is 16.7 Å². The predicted molar refractivity (Wildman–Crippen MR) is 154 cm³/mol. The quantitative estimate of drug-likeness (QED) is 0.445. The van der Waals surface area contributed by atoms with E-state index >= 15 is 0 Å². The molecule has 0 bridgehead atoms. The molecule has 0 fully saturated rings. The lowest BCUT2D eigenvalue weighted by Gasteiger charge is -2.43. The molecule has 2 atom stereocenters. The molecule has 2 unspecified atom stereocenters. The minimum Gasteiger partial charge on any atom is -0.468 e. The number of aryl methyl sites for hydroxylation is 2. The van der Waals surface area contributed by atoms with Crippen LogP contribution in [0.5, 0.6) is 0 Å². The van der Waals surface area contributed by atoms with Gasteiger partial charge in [-0.2, -0.15) is 0 Å². The Kier molecular flexibility index (Phi) is 10.9. The van der Waals surface area contributed by atoms with Crippen LogP contribution in [0.15, 0.2) is 48.5 Å². The maximum absolute atomic E-state index is 14.5. The van der Waals surface area contributed by atoms with Crippen molar-refractivity contribution >= 4 is 23.9 Å². The summed E-state index contributed by atoms with van der Waals surface area (Å²) in [5.74, 6) is -1.62. The van der Waals surface area contributed by atoms with Crippen LogP contribution in [0.2, 0.25) is 0 Å². The van der Waals surface area contributed by atoms with Crippen LogP contribution in [0.4, 0.5) is 4.79 Å². The van der Waals surface area contributed by atoms with Gasteiger partial charge in [0.05, 0.1) is 7.11 Å². The number of esters is 1. The van der Waals surface area contributed by atoms with Gasteiger partial charge in [0, 0.05) is 12.0 Å². The fourth-order valence-electron chi connectivity index (χ4n) is 4.48. The van der Waals surface area contributed by atoms with Crippen LogP contribution >= 0.6 is 0 Å². The zero-order chi connectivity index (χ0) is 30.3. The molecule has 0 saturated carbocycles. The Balaban J connectivity index is 2.66. The van der Waals surface area contributed by atoms with Crippen LogP contribution in [-0.4, -0.2) is 59.6 Å². The van der Waals surface area contributed by atoms with Crippen molar-refractivity contribution in [2.45, 2.75) is 85.0 Å². The molecular weight excluding hydrogens is 510 g/mol. The predicted octanol–water partition coefficient (Wildman–Crippen LogP) is 4.40. The van der Waals surface area contributed by atoms with E-state index in [2.05, 4.69) is 10.6 Å². The number of benzene rings is 2. The van der Waals surface area contributed by atoms with Gasteiger partial charge < -0.3 is 25.0 Å². The molecule has 9 heteroatoms. The Hall–Kier alpha value is -3.88. The summed E-state index contributed by atoms with van der Waals surface area (Å²) in [5, 5.41) is 5.38. The van der Waals surface area contributed by atoms with Gasteiger partial charge in [-0.15, -0.1) is 0 Å². The zero-order valence-electron chi connectivity index (χ0n) is 25.1. The first-order valence-electron chi connectivity index (χ1n) is 13.3. The molecule has 0 aliphatic rings. The first-order chi connectivity index (χ1) is 18.5. The van der Waals surface area contributed by atoms with Crippen LogP contribution in [-0.2, 0) is 30.3 Å². The van der Waals surface area contributed by atoms with Crippen molar-refractivity contribution in [2.24, 2.45) is 0 Å². The molecule has 218 valence electrons. The first kappa shape index (κ1) is 32.3. The highest BCUT2D eigenvalue weighted by Gasteiger charge is 2.43. The summed E-state index contributed by atoms with van der Waals surface area (Å²) < 4.78 is 10.2. The average molecular weight is 554 g/mol. The highest BCUT2D eigenvalue weighted by atomic mass is 16.6. The molecule has 9 nitrogen and oxygen atoms in total. The van der Waals surface area contributed by atoms with Crippen molar-refractivity contribution in [3.05, 3.63) is 70.8 Å². The molecule has 40 heavy (non-hydrogen) atoms. The number of carbonyl (C=O) groups excluding carboxylic acids is 4. The molecule has 0 spiro atoms. The minimum atomic E-state index is -1.10. The van der Waals surface area contributed by atoms with Gasteiger partial charge in [-0.25, -0.2) is 4.79 Å². The number of hydrogen-bond donors (Lipinski definition) is 2. The van der Waals surface area contributed by atoms with Crippen molar-refractivity contribution in [3.63, 3.8) is 0 Å². The monoisotopic (exact) mass is 553 g/mol. The van der Waals surface area contributed by atoms with E-state index in [4.69, 9.17) is 9.47 Å². The van der Waals surface area contributed by atoms with Crippen molar-refractivity contribution in [1.29, 1.82) is 0 Å². The Morgan fingerprint density at radius 1 is 0.875 bits per heavy atom. The second-order valence-electron chi connectivity index (χ2n) is 11.8. The summed E-state index contributed by atoms with van der Waals surface area (Å²) in [6.45, 7) is 14.1. The number of amides is 3. The molecule has 2 rings (SSSR count). The van der Waals surface area contributed by atoms with Gasteiger partial charge in [0.25, 0.3) is 0 Å². The molecule has 0 aliphatic carbocycles. The first-order valence-corrected chi connectivity index (χ1v) is 13.3. The van der Waals surface area contributed by atoms with E-state index in [1.807, 2.05) is 83.1 Å². The van der Waals surface area contributed by atoms with Gasteiger partial charge >= 0.3 is 12.1 Å². The van der Waals surface area contributed by atoms with E-state index in [-0.39, 0.29) is 13.0 Å². The number of nitrogens with one attached hydrogen (secondary N) is 2. The molecule has 0 heterocycles. The van der Waals surface area contributed by atoms with E-state index in [0.29, 0.717) is 5.56 Å². The number of carbonyl (C=O) groups is 4. The van der Waals surface area contributed by atoms with E-state index in [1.54, 1.807) is 20.8 Å². The summed E-state index contributed by atoms with van der Waals surface area (Å²) in [4.78, 5) is 54.6. The van der Waals surface area contributed by atoms with Crippen LogP contribution in [0.3, 0.4) is 0 Å². The average Bonchev–Trinajstić information content (AvgIpc) is 2.84. The van der Waals surface area contributed by atoms with Crippen LogP contribution in [0.1, 0.15) is 69.8 Å². The maximum atomic E-state index is 14.5. The van der Waals surface area contributed by atoms with E-state index in [1.165, 1.54) is 12.0 Å². The number of nitrogens with zero attached hydrogens (tertiary/aromatic N) is 1. The Morgan fingerprint density at radius 3 is 1.95 bits per heavy atom. The fourth-order valence-corrected chi connectivity index (χ4v) is 4.48. The highest BCUT2D eigenvalue weighted by molar-refractivity contribution is 5.94. The summed E-state index contributed by atoms with van der Waals surface area (Å²) in [5.41, 5.74) is 1.43. The Bertz CT molecular complexity index is 1180. The topological polar surface area (TPSA) is 114 Å². The number of rotatable bonds is 9. The number of methoxy groups -OCH3 is 1. The molecule has 2 aromatic rings. The lowest BCUT2D eigenvalue weighted by Crippen LogP contribution is -2.59. The van der Waals surface area contributed by atoms with Crippen molar-refractivity contribution in [2.75, 3.05) is 13.7 Å². The molecule has 0 saturated heterocycles. The summed E-state index contributed by atoms with van der Waals surface area (Å²) >= 11 is 0. The summed E-state index contributed by atoms with van der Waals surface area (Å²) in [6, 6.07) is 12.8. The molecular formula is C31H43N3O6. The summed E-state index contributed by atoms with van der Waals surface area (Å²) in [7, 11) is 1.24. The van der Waals surface area contributed by atoms with Gasteiger partial charge in [-0.05, 0) is 77.6 Å². The largest absolute Gasteiger partial charge is 0.468 e.